The lowest BCUT2D eigenvalue weighted by Gasteiger charge is -2.23. The van der Waals surface area contributed by atoms with Gasteiger partial charge in [-0.25, -0.2) is 0 Å². The first-order chi connectivity index (χ1) is 9.43. The van der Waals surface area contributed by atoms with E-state index in [4.69, 9.17) is 44.3 Å². The molecule has 0 aromatic carbocycles. The van der Waals surface area contributed by atoms with Crippen LogP contribution in [-0.4, -0.2) is 35.2 Å². The predicted molar refractivity (Wildman–Crippen MR) is 81.2 cm³/mol. The molecule has 7 heteroatoms. The number of halogens is 3. The maximum Gasteiger partial charge on any atom is 0.272 e. The van der Waals surface area contributed by atoms with Crippen LogP contribution in [0.4, 0.5) is 0 Å². The van der Waals surface area contributed by atoms with Gasteiger partial charge < -0.3 is 14.8 Å². The molecule has 2 unspecified atom stereocenters. The zero-order chi connectivity index (χ0) is 15.0. The van der Waals surface area contributed by atoms with E-state index in [-0.39, 0.29) is 12.3 Å². The van der Waals surface area contributed by atoms with Crippen molar-refractivity contribution >= 4 is 40.7 Å². The Hall–Kier alpha value is -0.000000000000000111. The van der Waals surface area contributed by atoms with Gasteiger partial charge in [0, 0.05) is 19.3 Å². The molecule has 1 N–H and O–H groups in total. The van der Waals surface area contributed by atoms with Gasteiger partial charge >= 0.3 is 0 Å². The van der Waals surface area contributed by atoms with Crippen molar-refractivity contribution in [3.05, 3.63) is 12.7 Å². The smallest absolute Gasteiger partial charge is 0.272 e. The Morgan fingerprint density at radius 1 is 1.50 bits per heavy atom. The van der Waals surface area contributed by atoms with Gasteiger partial charge in [0.25, 0.3) is 9.70 Å². The van der Waals surface area contributed by atoms with Crippen molar-refractivity contribution in [2.75, 3.05) is 13.2 Å². The van der Waals surface area contributed by atoms with Crippen LogP contribution in [0, 0.1) is 0 Å². The Morgan fingerprint density at radius 2 is 2.25 bits per heavy atom. The van der Waals surface area contributed by atoms with Gasteiger partial charge in [0.1, 0.15) is 0 Å². The lowest BCUT2D eigenvalue weighted by atomic mass is 10.1. The van der Waals surface area contributed by atoms with Crippen molar-refractivity contribution in [1.29, 1.82) is 0 Å². The number of alkyl halides is 3. The van der Waals surface area contributed by atoms with Crippen molar-refractivity contribution in [3.8, 4) is 0 Å². The molecule has 0 aromatic rings. The molecule has 1 aliphatic heterocycles. The topological polar surface area (TPSA) is 47.6 Å². The monoisotopic (exact) mass is 343 g/mol. The van der Waals surface area contributed by atoms with Crippen molar-refractivity contribution in [3.63, 3.8) is 0 Å². The first kappa shape index (κ1) is 18.1. The van der Waals surface area contributed by atoms with E-state index in [0.29, 0.717) is 13.0 Å². The number of amides is 1. The van der Waals surface area contributed by atoms with E-state index in [0.717, 1.165) is 32.3 Å². The number of rotatable bonds is 7. The third-order valence-corrected chi connectivity index (χ3v) is 3.47. The normalized spacial score (nSPS) is 21.2. The van der Waals surface area contributed by atoms with Crippen molar-refractivity contribution in [1.82, 2.24) is 5.32 Å². The summed E-state index contributed by atoms with van der Waals surface area (Å²) in [5, 5.41) is 2.61. The molecule has 1 aliphatic rings. The van der Waals surface area contributed by atoms with Crippen LogP contribution in [0.15, 0.2) is 12.7 Å². The van der Waals surface area contributed by atoms with E-state index < -0.39 is 9.70 Å². The van der Waals surface area contributed by atoms with E-state index in [9.17, 15) is 4.79 Å². The fourth-order valence-corrected chi connectivity index (χ4v) is 2.02. The summed E-state index contributed by atoms with van der Waals surface area (Å²) in [6.45, 7) is 4.99. The molecule has 1 amide bonds. The second kappa shape index (κ2) is 9.11. The molecule has 2 atom stereocenters. The van der Waals surface area contributed by atoms with Gasteiger partial charge in [-0.05, 0) is 32.1 Å². The molecule has 0 spiro atoms. The molecule has 1 saturated heterocycles. The minimum Gasteiger partial charge on any atom is -0.353 e. The Kier molecular flexibility index (Phi) is 8.22. The summed E-state index contributed by atoms with van der Waals surface area (Å²) in [5.74, 6) is -0.649. The highest BCUT2D eigenvalue weighted by molar-refractivity contribution is 6.76. The van der Waals surface area contributed by atoms with Crippen LogP contribution in [0.5, 0.6) is 0 Å². The average Bonchev–Trinajstić information content (AvgIpc) is 2.42. The fourth-order valence-electron chi connectivity index (χ4n) is 1.86. The molecule has 0 saturated carbocycles. The summed E-state index contributed by atoms with van der Waals surface area (Å²) in [4.78, 5) is 11.5. The third kappa shape index (κ3) is 7.14. The van der Waals surface area contributed by atoms with Crippen molar-refractivity contribution in [2.24, 2.45) is 0 Å². The van der Waals surface area contributed by atoms with E-state index in [1.807, 2.05) is 0 Å². The van der Waals surface area contributed by atoms with E-state index >= 15 is 0 Å². The Bertz CT molecular complexity index is 314. The Balaban J connectivity index is 2.17. The molecule has 0 aliphatic carbocycles. The van der Waals surface area contributed by atoms with E-state index in [1.165, 1.54) is 0 Å². The lowest BCUT2D eigenvalue weighted by Crippen LogP contribution is -2.40. The van der Waals surface area contributed by atoms with Crippen LogP contribution < -0.4 is 5.32 Å². The number of hydrogen-bond acceptors (Lipinski definition) is 3. The molecular formula is C13H20Cl3NO3. The number of ether oxygens (including phenoxy) is 2. The summed E-state index contributed by atoms with van der Waals surface area (Å²) in [5.41, 5.74) is 0. The van der Waals surface area contributed by atoms with Crippen LogP contribution in [0.3, 0.4) is 0 Å². The first-order valence-electron chi connectivity index (χ1n) is 6.67. The highest BCUT2D eigenvalue weighted by Gasteiger charge is 2.31. The minimum atomic E-state index is -1.95. The number of carbonyl (C=O) groups excluding carboxylic acids is 1. The second-order valence-electron chi connectivity index (χ2n) is 4.62. The quantitative estimate of drug-likeness (QED) is 0.438. The maximum absolute atomic E-state index is 11.5. The minimum absolute atomic E-state index is 0.0957. The molecule has 4 nitrogen and oxygen atoms in total. The van der Waals surface area contributed by atoms with Crippen LogP contribution >= 0.6 is 34.8 Å². The predicted octanol–water partition coefficient (Wildman–Crippen LogP) is 3.35. The molecule has 0 bridgehead atoms. The van der Waals surface area contributed by atoms with E-state index in [1.54, 1.807) is 6.08 Å². The molecule has 116 valence electrons. The lowest BCUT2D eigenvalue weighted by molar-refractivity contribution is -0.162. The Morgan fingerprint density at radius 3 is 2.80 bits per heavy atom. The summed E-state index contributed by atoms with van der Waals surface area (Å²) in [7, 11) is 0. The zero-order valence-corrected chi connectivity index (χ0v) is 13.5. The second-order valence-corrected chi connectivity index (χ2v) is 6.90. The number of carbonyl (C=O) groups is 1. The number of hydrogen-bond donors (Lipinski definition) is 1. The highest BCUT2D eigenvalue weighted by atomic mass is 35.6. The van der Waals surface area contributed by atoms with Gasteiger partial charge in [0.2, 0.25) is 0 Å². The standard InChI is InChI=1S/C13H20Cl3NO3/c1-2-10(17-12(18)13(14,15)16)6-5-9-20-11-7-3-4-8-19-11/h2,10-11H,1,3-9H2,(H,17,18). The van der Waals surface area contributed by atoms with Crippen LogP contribution in [0.1, 0.15) is 32.1 Å². The van der Waals surface area contributed by atoms with Gasteiger partial charge in [-0.1, -0.05) is 40.9 Å². The Labute approximate surface area is 134 Å². The SMILES string of the molecule is C=CC(CCCOC1CCCCO1)NC(=O)C(Cl)(Cl)Cl. The van der Waals surface area contributed by atoms with Crippen molar-refractivity contribution < 1.29 is 14.3 Å². The van der Waals surface area contributed by atoms with Crippen LogP contribution in [0.25, 0.3) is 0 Å². The third-order valence-electron chi connectivity index (χ3n) is 2.96. The maximum atomic E-state index is 11.5. The average molecular weight is 345 g/mol. The molecule has 0 radical (unpaired) electrons. The van der Waals surface area contributed by atoms with Gasteiger partial charge in [-0.2, -0.15) is 0 Å². The summed E-state index contributed by atoms with van der Waals surface area (Å²) < 4.78 is 9.11. The molecule has 0 aromatic heterocycles. The molecular weight excluding hydrogens is 325 g/mol. The largest absolute Gasteiger partial charge is 0.353 e. The van der Waals surface area contributed by atoms with Crippen LogP contribution in [0.2, 0.25) is 0 Å². The van der Waals surface area contributed by atoms with Crippen LogP contribution in [-0.2, 0) is 14.3 Å². The molecule has 20 heavy (non-hydrogen) atoms. The molecule has 1 rings (SSSR count). The van der Waals surface area contributed by atoms with E-state index in [2.05, 4.69) is 11.9 Å². The zero-order valence-electron chi connectivity index (χ0n) is 11.2. The number of nitrogens with one attached hydrogen (secondary N) is 1. The van der Waals surface area contributed by atoms with Gasteiger partial charge in [0.15, 0.2) is 6.29 Å². The first-order valence-corrected chi connectivity index (χ1v) is 7.80. The summed E-state index contributed by atoms with van der Waals surface area (Å²) >= 11 is 16.5. The summed E-state index contributed by atoms with van der Waals surface area (Å²) in [6.07, 6.45) is 6.13. The van der Waals surface area contributed by atoms with Gasteiger partial charge in [0.05, 0.1) is 0 Å². The molecule has 1 heterocycles. The summed E-state index contributed by atoms with van der Waals surface area (Å²) in [6, 6.07) is -0.242. The van der Waals surface area contributed by atoms with Gasteiger partial charge in [-0.15, -0.1) is 6.58 Å². The molecule has 1 fully saturated rings. The highest BCUT2D eigenvalue weighted by Crippen LogP contribution is 2.26. The fraction of sp³-hybridized carbons (Fsp3) is 0.769. The van der Waals surface area contributed by atoms with Crippen molar-refractivity contribution in [2.45, 2.75) is 48.2 Å². The van der Waals surface area contributed by atoms with Gasteiger partial charge in [-0.3, -0.25) is 4.79 Å².